The molecule has 0 aromatic carbocycles. The molecule has 0 radical (unpaired) electrons. The molecule has 8 heteroatoms. The van der Waals surface area contributed by atoms with Gasteiger partial charge in [0.15, 0.2) is 5.03 Å². The monoisotopic (exact) mass is 301 g/mol. The minimum atomic E-state index is -3.69. The van der Waals surface area contributed by atoms with Crippen LogP contribution in [0.5, 0.6) is 0 Å². The van der Waals surface area contributed by atoms with Gasteiger partial charge in [-0.3, -0.25) is 4.79 Å². The zero-order chi connectivity index (χ0) is 14.9. The molecule has 0 amide bonds. The van der Waals surface area contributed by atoms with Gasteiger partial charge in [0.25, 0.3) is 10.0 Å². The summed E-state index contributed by atoms with van der Waals surface area (Å²) in [5.74, 6) is -0.870. The molecule has 2 heterocycles. The number of nitrogens with one attached hydrogen (secondary N) is 1. The Morgan fingerprint density at radius 1 is 1.55 bits per heavy atom. The van der Waals surface area contributed by atoms with Gasteiger partial charge in [-0.2, -0.15) is 4.31 Å². The number of carboxylic acids is 1. The second-order valence-corrected chi connectivity index (χ2v) is 7.23. The number of carbonyl (C=O) groups is 1. The SMILES string of the molecule is CC(C)c1ncc(S(=O)(=O)N2CCC[C@@H](C(=O)O)C2)[nH]1. The molecule has 1 aromatic heterocycles. The van der Waals surface area contributed by atoms with E-state index in [1.807, 2.05) is 13.8 Å². The van der Waals surface area contributed by atoms with E-state index in [1.165, 1.54) is 10.5 Å². The Bertz CT molecular complexity index is 594. The molecule has 7 nitrogen and oxygen atoms in total. The maximum atomic E-state index is 12.5. The summed E-state index contributed by atoms with van der Waals surface area (Å²) in [6, 6.07) is 0. The fraction of sp³-hybridized carbons (Fsp3) is 0.667. The quantitative estimate of drug-likeness (QED) is 0.864. The van der Waals surface area contributed by atoms with E-state index in [2.05, 4.69) is 9.97 Å². The largest absolute Gasteiger partial charge is 0.481 e. The number of hydrogen-bond donors (Lipinski definition) is 2. The van der Waals surface area contributed by atoms with Crippen LogP contribution >= 0.6 is 0 Å². The zero-order valence-electron chi connectivity index (χ0n) is 11.5. The number of aromatic amines is 1. The van der Waals surface area contributed by atoms with Gasteiger partial charge in [-0.15, -0.1) is 0 Å². The summed E-state index contributed by atoms with van der Waals surface area (Å²) in [5, 5.41) is 9.06. The Morgan fingerprint density at radius 2 is 2.25 bits per heavy atom. The smallest absolute Gasteiger partial charge is 0.307 e. The molecule has 112 valence electrons. The van der Waals surface area contributed by atoms with Crippen molar-refractivity contribution < 1.29 is 18.3 Å². The number of imidazole rings is 1. The lowest BCUT2D eigenvalue weighted by Gasteiger charge is -2.29. The first-order chi connectivity index (χ1) is 9.32. The molecule has 0 unspecified atom stereocenters. The number of hydrogen-bond acceptors (Lipinski definition) is 4. The molecule has 1 aliphatic rings. The highest BCUT2D eigenvalue weighted by Crippen LogP contribution is 2.23. The fourth-order valence-corrected chi connectivity index (χ4v) is 3.69. The predicted octanol–water partition coefficient (Wildman–Crippen LogP) is 1.02. The van der Waals surface area contributed by atoms with Gasteiger partial charge in [-0.05, 0) is 12.8 Å². The molecular weight excluding hydrogens is 282 g/mol. The molecule has 0 saturated carbocycles. The summed E-state index contributed by atoms with van der Waals surface area (Å²) < 4.78 is 26.1. The topological polar surface area (TPSA) is 103 Å². The van der Waals surface area contributed by atoms with Crippen molar-refractivity contribution in [2.45, 2.75) is 37.6 Å². The average Bonchev–Trinajstić information content (AvgIpc) is 2.89. The molecule has 1 aromatic rings. The Hall–Kier alpha value is -1.41. The van der Waals surface area contributed by atoms with Crippen LogP contribution in [0.2, 0.25) is 0 Å². The first-order valence-electron chi connectivity index (χ1n) is 6.60. The number of rotatable bonds is 4. The van der Waals surface area contributed by atoms with E-state index < -0.39 is 21.9 Å². The highest BCUT2D eigenvalue weighted by Gasteiger charge is 2.34. The summed E-state index contributed by atoms with van der Waals surface area (Å²) in [6.45, 7) is 4.20. The van der Waals surface area contributed by atoms with E-state index in [1.54, 1.807) is 0 Å². The Balaban J connectivity index is 2.22. The second-order valence-electron chi connectivity index (χ2n) is 5.33. The first kappa shape index (κ1) is 15.0. The number of piperidine rings is 1. The van der Waals surface area contributed by atoms with Crippen LogP contribution in [0.15, 0.2) is 11.2 Å². The van der Waals surface area contributed by atoms with Crippen molar-refractivity contribution in [3.05, 3.63) is 12.0 Å². The van der Waals surface area contributed by atoms with Crippen molar-refractivity contribution in [1.29, 1.82) is 0 Å². The van der Waals surface area contributed by atoms with Crippen LogP contribution in [-0.4, -0.2) is 46.9 Å². The molecule has 2 rings (SSSR count). The molecular formula is C12H19N3O4S. The van der Waals surface area contributed by atoms with Gasteiger partial charge in [0.1, 0.15) is 5.82 Å². The molecule has 0 bridgehead atoms. The lowest BCUT2D eigenvalue weighted by Crippen LogP contribution is -2.42. The maximum absolute atomic E-state index is 12.5. The number of sulfonamides is 1. The van der Waals surface area contributed by atoms with Crippen LogP contribution in [0.3, 0.4) is 0 Å². The van der Waals surface area contributed by atoms with Gasteiger partial charge in [0.2, 0.25) is 0 Å². The molecule has 1 atom stereocenters. The number of carboxylic acid groups (broad SMARTS) is 1. The van der Waals surface area contributed by atoms with Crippen molar-refractivity contribution in [3.8, 4) is 0 Å². The van der Waals surface area contributed by atoms with Crippen molar-refractivity contribution in [2.24, 2.45) is 5.92 Å². The molecule has 20 heavy (non-hydrogen) atoms. The predicted molar refractivity (Wildman–Crippen MR) is 71.8 cm³/mol. The summed E-state index contributed by atoms with van der Waals surface area (Å²) in [7, 11) is -3.69. The second kappa shape index (κ2) is 5.53. The summed E-state index contributed by atoms with van der Waals surface area (Å²) in [5.41, 5.74) is 0. The van der Waals surface area contributed by atoms with Crippen molar-refractivity contribution in [2.75, 3.05) is 13.1 Å². The standard InChI is InChI=1S/C12H19N3O4S/c1-8(2)11-13-6-10(14-11)20(18,19)15-5-3-4-9(7-15)12(16)17/h6,8-9H,3-5,7H2,1-2H3,(H,13,14)(H,16,17)/t9-/m1/s1. The minimum Gasteiger partial charge on any atom is -0.481 e. The lowest BCUT2D eigenvalue weighted by molar-refractivity contribution is -0.142. The van der Waals surface area contributed by atoms with Gasteiger partial charge in [0, 0.05) is 19.0 Å². The molecule has 0 spiro atoms. The van der Waals surface area contributed by atoms with Crippen LogP contribution in [0.1, 0.15) is 38.4 Å². The van der Waals surface area contributed by atoms with Gasteiger partial charge >= 0.3 is 5.97 Å². The van der Waals surface area contributed by atoms with Gasteiger partial charge in [0.05, 0.1) is 12.1 Å². The van der Waals surface area contributed by atoms with Crippen molar-refractivity contribution >= 4 is 16.0 Å². The third-order valence-electron chi connectivity index (χ3n) is 3.47. The van der Waals surface area contributed by atoms with Crippen molar-refractivity contribution in [3.63, 3.8) is 0 Å². The Morgan fingerprint density at radius 3 is 2.80 bits per heavy atom. The van der Waals surface area contributed by atoms with Crippen LogP contribution in [-0.2, 0) is 14.8 Å². The van der Waals surface area contributed by atoms with Gasteiger partial charge in [-0.1, -0.05) is 13.8 Å². The van der Waals surface area contributed by atoms with E-state index in [4.69, 9.17) is 5.11 Å². The number of aromatic nitrogens is 2. The number of H-pyrrole nitrogens is 1. The van der Waals surface area contributed by atoms with E-state index in [9.17, 15) is 13.2 Å². The number of aliphatic carboxylic acids is 1. The normalized spacial score (nSPS) is 21.2. The molecule has 1 fully saturated rings. The van der Waals surface area contributed by atoms with E-state index in [0.717, 1.165) is 0 Å². The van der Waals surface area contributed by atoms with Crippen molar-refractivity contribution in [1.82, 2.24) is 14.3 Å². The van der Waals surface area contributed by atoms with Gasteiger partial charge < -0.3 is 10.1 Å². The molecule has 1 saturated heterocycles. The summed E-state index contributed by atoms with van der Waals surface area (Å²) >= 11 is 0. The van der Waals surface area contributed by atoms with Crippen LogP contribution in [0.25, 0.3) is 0 Å². The lowest BCUT2D eigenvalue weighted by atomic mass is 10.0. The molecule has 2 N–H and O–H groups in total. The summed E-state index contributed by atoms with van der Waals surface area (Å²) in [6.07, 6.45) is 2.37. The average molecular weight is 301 g/mol. The van der Waals surface area contributed by atoms with Crippen LogP contribution < -0.4 is 0 Å². The first-order valence-corrected chi connectivity index (χ1v) is 8.04. The van der Waals surface area contributed by atoms with E-state index >= 15 is 0 Å². The van der Waals surface area contributed by atoms with Gasteiger partial charge in [-0.25, -0.2) is 13.4 Å². The Kier molecular flexibility index (Phi) is 4.14. The minimum absolute atomic E-state index is 0.0215. The zero-order valence-corrected chi connectivity index (χ0v) is 12.4. The Labute approximate surface area is 118 Å². The molecule has 0 aliphatic carbocycles. The molecule has 1 aliphatic heterocycles. The van der Waals surface area contributed by atoms with Crippen LogP contribution in [0, 0.1) is 5.92 Å². The fourth-order valence-electron chi connectivity index (χ4n) is 2.24. The van der Waals surface area contributed by atoms with E-state index in [-0.39, 0.29) is 17.5 Å². The summed E-state index contributed by atoms with van der Waals surface area (Å²) in [4.78, 5) is 17.9. The number of nitrogens with zero attached hydrogens (tertiary/aromatic N) is 2. The maximum Gasteiger partial charge on any atom is 0.307 e. The third-order valence-corrected chi connectivity index (χ3v) is 5.24. The van der Waals surface area contributed by atoms with E-state index in [0.29, 0.717) is 25.2 Å². The van der Waals surface area contributed by atoms with Crippen LogP contribution in [0.4, 0.5) is 0 Å². The highest BCUT2D eigenvalue weighted by molar-refractivity contribution is 7.89. The third kappa shape index (κ3) is 2.85. The highest BCUT2D eigenvalue weighted by atomic mass is 32.2.